The Hall–Kier alpha value is -1.86. The van der Waals surface area contributed by atoms with Crippen molar-refractivity contribution in [2.75, 3.05) is 12.3 Å². The minimum Gasteiger partial charge on any atom is -0.399 e. The number of aryl methyl sites for hydroxylation is 1. The van der Waals surface area contributed by atoms with E-state index in [1.54, 1.807) is 18.2 Å². The monoisotopic (exact) mass is 307 g/mol. The normalized spacial score (nSPS) is 20.0. The fourth-order valence-electron chi connectivity index (χ4n) is 2.63. The molecule has 1 aliphatic rings. The van der Waals surface area contributed by atoms with Crippen LogP contribution in [0.3, 0.4) is 0 Å². The number of nitrogen functional groups attached to an aromatic ring is 1. The Morgan fingerprint density at radius 1 is 1.33 bits per heavy atom. The third-order valence-corrected chi connectivity index (χ3v) is 5.59. The molecule has 2 aromatic rings. The van der Waals surface area contributed by atoms with Crippen LogP contribution in [0.1, 0.15) is 30.3 Å². The van der Waals surface area contributed by atoms with E-state index in [0.29, 0.717) is 18.0 Å². The van der Waals surface area contributed by atoms with Crippen molar-refractivity contribution >= 4 is 15.7 Å². The molecule has 0 spiro atoms. The average Bonchev–Trinajstić information content (AvgIpc) is 3.07. The van der Waals surface area contributed by atoms with Crippen molar-refractivity contribution in [2.45, 2.75) is 30.7 Å². The summed E-state index contributed by atoms with van der Waals surface area (Å²) in [5.41, 5.74) is 6.90. The summed E-state index contributed by atoms with van der Waals surface area (Å²) in [5.74, 6) is 0.601. The predicted molar refractivity (Wildman–Crippen MR) is 78.0 cm³/mol. The lowest BCUT2D eigenvalue weighted by Crippen LogP contribution is -2.30. The first-order valence-corrected chi connectivity index (χ1v) is 8.23. The van der Waals surface area contributed by atoms with Crippen molar-refractivity contribution in [3.63, 3.8) is 0 Å². The third kappa shape index (κ3) is 2.54. The molecule has 0 saturated carbocycles. The molecular weight excluding hydrogens is 290 g/mol. The van der Waals surface area contributed by atoms with E-state index in [9.17, 15) is 8.42 Å². The zero-order chi connectivity index (χ0) is 15.0. The van der Waals surface area contributed by atoms with Gasteiger partial charge in [0.25, 0.3) is 0 Å². The first-order chi connectivity index (χ1) is 9.98. The maximum Gasteiger partial charge on any atom is 0.243 e. The highest BCUT2D eigenvalue weighted by molar-refractivity contribution is 7.89. The zero-order valence-electron chi connectivity index (χ0n) is 11.7. The highest BCUT2D eigenvalue weighted by Gasteiger charge is 2.38. The molecule has 0 bridgehead atoms. The van der Waals surface area contributed by atoms with E-state index < -0.39 is 10.0 Å². The Morgan fingerprint density at radius 2 is 2.05 bits per heavy atom. The molecule has 1 unspecified atom stereocenters. The lowest BCUT2D eigenvalue weighted by molar-refractivity contribution is 0.297. The minimum atomic E-state index is -3.55. The fraction of sp³-hybridized carbons (Fsp3) is 0.357. The topological polar surface area (TPSA) is 89.4 Å². The van der Waals surface area contributed by atoms with Crippen LogP contribution in [0.2, 0.25) is 0 Å². The average molecular weight is 307 g/mol. The summed E-state index contributed by atoms with van der Waals surface area (Å²) in [6, 6.07) is 7.76. The number of benzene rings is 1. The van der Waals surface area contributed by atoms with Gasteiger partial charge in [0.15, 0.2) is 5.76 Å². The van der Waals surface area contributed by atoms with E-state index in [1.807, 2.05) is 6.92 Å². The maximum atomic E-state index is 12.8. The Bertz CT molecular complexity index is 737. The minimum absolute atomic E-state index is 0.250. The highest BCUT2D eigenvalue weighted by atomic mass is 32.2. The summed E-state index contributed by atoms with van der Waals surface area (Å²) in [5, 5.41) is 3.85. The van der Waals surface area contributed by atoms with Gasteiger partial charge in [-0.05, 0) is 44.0 Å². The molecule has 2 heterocycles. The lowest BCUT2D eigenvalue weighted by atomic mass is 10.2. The van der Waals surface area contributed by atoms with Gasteiger partial charge in [0.1, 0.15) is 0 Å². The summed E-state index contributed by atoms with van der Waals surface area (Å²) in [6.07, 6.45) is 1.54. The Morgan fingerprint density at radius 3 is 2.67 bits per heavy atom. The molecule has 1 saturated heterocycles. The summed E-state index contributed by atoms with van der Waals surface area (Å²) < 4.78 is 32.3. The molecular formula is C14H17N3O3S. The van der Waals surface area contributed by atoms with Crippen LogP contribution in [0.15, 0.2) is 39.8 Å². The van der Waals surface area contributed by atoms with Crippen molar-refractivity contribution < 1.29 is 12.9 Å². The third-order valence-electron chi connectivity index (χ3n) is 3.66. The van der Waals surface area contributed by atoms with E-state index in [4.69, 9.17) is 10.3 Å². The molecule has 0 aliphatic carbocycles. The zero-order valence-corrected chi connectivity index (χ0v) is 12.5. The van der Waals surface area contributed by atoms with Crippen LogP contribution in [0.5, 0.6) is 0 Å². The second-order valence-electron chi connectivity index (χ2n) is 5.21. The summed E-state index contributed by atoms with van der Waals surface area (Å²) in [7, 11) is -3.55. The van der Waals surface area contributed by atoms with Crippen molar-refractivity contribution in [1.29, 1.82) is 0 Å². The van der Waals surface area contributed by atoms with Crippen molar-refractivity contribution in [3.05, 3.63) is 41.8 Å². The molecule has 21 heavy (non-hydrogen) atoms. The Kier molecular flexibility index (Phi) is 3.46. The number of hydrogen-bond acceptors (Lipinski definition) is 5. The number of rotatable bonds is 3. The van der Waals surface area contributed by atoms with Gasteiger partial charge in [0.2, 0.25) is 10.0 Å². The molecule has 1 aromatic carbocycles. The smallest absolute Gasteiger partial charge is 0.243 e. The first kappa shape index (κ1) is 14.1. The van der Waals surface area contributed by atoms with Gasteiger partial charge < -0.3 is 10.3 Å². The van der Waals surface area contributed by atoms with Crippen molar-refractivity contribution in [3.8, 4) is 0 Å². The number of nitrogens with two attached hydrogens (primary N) is 1. The van der Waals surface area contributed by atoms with E-state index in [-0.39, 0.29) is 10.9 Å². The van der Waals surface area contributed by atoms with Gasteiger partial charge in [0.05, 0.1) is 16.6 Å². The predicted octanol–water partition coefficient (Wildman–Crippen LogP) is 2.09. The van der Waals surface area contributed by atoms with Gasteiger partial charge in [-0.25, -0.2) is 8.42 Å². The van der Waals surface area contributed by atoms with Crippen LogP contribution in [-0.2, 0) is 10.0 Å². The van der Waals surface area contributed by atoms with Crippen LogP contribution >= 0.6 is 0 Å². The first-order valence-electron chi connectivity index (χ1n) is 6.79. The van der Waals surface area contributed by atoms with Gasteiger partial charge in [-0.2, -0.15) is 4.31 Å². The van der Waals surface area contributed by atoms with Gasteiger partial charge in [-0.15, -0.1) is 0 Å². The van der Waals surface area contributed by atoms with Gasteiger partial charge in [-0.3, -0.25) is 0 Å². The molecule has 1 aliphatic heterocycles. The Labute approximate surface area is 123 Å². The number of anilines is 1. The molecule has 6 nitrogen and oxygen atoms in total. The van der Waals surface area contributed by atoms with E-state index in [2.05, 4.69) is 5.16 Å². The summed E-state index contributed by atoms with van der Waals surface area (Å²) in [4.78, 5) is 0.250. The molecule has 1 atom stereocenters. The van der Waals surface area contributed by atoms with E-state index in [1.165, 1.54) is 16.4 Å². The highest BCUT2D eigenvalue weighted by Crippen LogP contribution is 2.36. The second kappa shape index (κ2) is 5.16. The maximum absolute atomic E-state index is 12.8. The Balaban J connectivity index is 1.96. The number of nitrogens with zero attached hydrogens (tertiary/aromatic N) is 2. The van der Waals surface area contributed by atoms with Crippen molar-refractivity contribution in [1.82, 2.24) is 9.46 Å². The van der Waals surface area contributed by atoms with Crippen LogP contribution in [-0.4, -0.2) is 24.4 Å². The number of sulfonamides is 1. The molecule has 0 amide bonds. The van der Waals surface area contributed by atoms with E-state index >= 15 is 0 Å². The van der Waals surface area contributed by atoms with Gasteiger partial charge in [0, 0.05) is 18.3 Å². The standard InChI is InChI=1S/C14H17N3O3S/c1-10-9-14(20-16-10)13-3-2-8-17(13)21(18,19)12-6-4-11(15)5-7-12/h4-7,9,13H,2-3,8,15H2,1H3. The second-order valence-corrected chi connectivity index (χ2v) is 7.10. The number of aromatic nitrogens is 1. The quantitative estimate of drug-likeness (QED) is 0.877. The van der Waals surface area contributed by atoms with Crippen LogP contribution in [0.25, 0.3) is 0 Å². The van der Waals surface area contributed by atoms with Gasteiger partial charge in [-0.1, -0.05) is 5.16 Å². The molecule has 7 heteroatoms. The summed E-state index contributed by atoms with van der Waals surface area (Å²) >= 11 is 0. The molecule has 112 valence electrons. The van der Waals surface area contributed by atoms with Crippen molar-refractivity contribution in [2.24, 2.45) is 0 Å². The largest absolute Gasteiger partial charge is 0.399 e. The molecule has 2 N–H and O–H groups in total. The molecule has 0 radical (unpaired) electrons. The van der Waals surface area contributed by atoms with Crippen LogP contribution in [0.4, 0.5) is 5.69 Å². The van der Waals surface area contributed by atoms with Gasteiger partial charge >= 0.3 is 0 Å². The summed E-state index contributed by atoms with van der Waals surface area (Å²) in [6.45, 7) is 2.30. The molecule has 1 aromatic heterocycles. The lowest BCUT2D eigenvalue weighted by Gasteiger charge is -2.22. The van der Waals surface area contributed by atoms with Crippen LogP contribution < -0.4 is 5.73 Å². The van der Waals surface area contributed by atoms with E-state index in [0.717, 1.165) is 18.5 Å². The fourth-order valence-corrected chi connectivity index (χ4v) is 4.29. The molecule has 1 fully saturated rings. The number of hydrogen-bond donors (Lipinski definition) is 1. The molecule has 3 rings (SSSR count). The SMILES string of the molecule is Cc1cc(C2CCCN2S(=O)(=O)c2ccc(N)cc2)on1. The van der Waals surface area contributed by atoms with Crippen LogP contribution in [0, 0.1) is 6.92 Å².